The molecule has 2 aromatic rings. The van der Waals surface area contributed by atoms with Crippen LogP contribution in [0.4, 0.5) is 0 Å². The van der Waals surface area contributed by atoms with Crippen LogP contribution < -0.4 is 20.1 Å². The molecule has 0 unspecified atom stereocenters. The first-order valence-electron chi connectivity index (χ1n) is 9.59. The molecule has 0 bridgehead atoms. The number of amides is 1. The number of nitrogens with zero attached hydrogens (tertiary/aromatic N) is 1. The van der Waals surface area contributed by atoms with Gasteiger partial charge in [-0.3, -0.25) is 4.79 Å². The van der Waals surface area contributed by atoms with E-state index < -0.39 is 11.8 Å². The van der Waals surface area contributed by atoms with Crippen molar-refractivity contribution in [2.75, 3.05) is 34.4 Å². The quantitative estimate of drug-likeness (QED) is 0.451. The topological polar surface area (TPSA) is 113 Å². The highest BCUT2D eigenvalue weighted by Crippen LogP contribution is 2.46. The molecule has 0 aliphatic carbocycles. The van der Waals surface area contributed by atoms with E-state index in [1.807, 2.05) is 6.92 Å². The van der Waals surface area contributed by atoms with Gasteiger partial charge in [0.25, 0.3) is 5.91 Å². The van der Waals surface area contributed by atoms with Gasteiger partial charge in [0.15, 0.2) is 0 Å². The zero-order valence-corrected chi connectivity index (χ0v) is 17.3. The van der Waals surface area contributed by atoms with Crippen LogP contribution in [0.15, 0.2) is 18.2 Å². The number of aromatic hydroxyl groups is 2. The van der Waals surface area contributed by atoms with E-state index in [9.17, 15) is 15.0 Å². The summed E-state index contributed by atoms with van der Waals surface area (Å²) in [6.07, 6.45) is 2.21. The predicted molar refractivity (Wildman–Crippen MR) is 111 cm³/mol. The van der Waals surface area contributed by atoms with E-state index in [1.54, 1.807) is 25.2 Å². The van der Waals surface area contributed by atoms with Gasteiger partial charge in [0, 0.05) is 13.1 Å². The Bertz CT molecular complexity index is 832. The molecule has 0 aliphatic rings. The number of ether oxygens (including phenoxy) is 2. The molecule has 0 spiro atoms. The molecule has 1 amide bonds. The zero-order chi connectivity index (χ0) is 21.4. The number of pyridine rings is 1. The molecule has 8 nitrogen and oxygen atoms in total. The lowest BCUT2D eigenvalue weighted by molar-refractivity contribution is 0.0948. The number of unbranched alkanes of at least 4 members (excludes halogenated alkanes) is 1. The normalized spacial score (nSPS) is 10.6. The molecule has 1 aromatic heterocycles. The summed E-state index contributed by atoms with van der Waals surface area (Å²) >= 11 is 0. The monoisotopic (exact) mass is 403 g/mol. The van der Waals surface area contributed by atoms with Crippen molar-refractivity contribution >= 4 is 5.91 Å². The Labute approximate surface area is 170 Å². The number of likely N-dealkylation sites (N-methyl/N-ethyl adjacent to an activating group) is 1. The minimum atomic E-state index is -0.611. The van der Waals surface area contributed by atoms with Crippen LogP contribution in [-0.4, -0.2) is 55.5 Å². The summed E-state index contributed by atoms with van der Waals surface area (Å²) in [5, 5.41) is 27.1. The van der Waals surface area contributed by atoms with Gasteiger partial charge in [0.05, 0.1) is 31.0 Å². The summed E-state index contributed by atoms with van der Waals surface area (Å²) in [4.78, 5) is 16.9. The molecule has 4 N–H and O–H groups in total. The van der Waals surface area contributed by atoms with Crippen LogP contribution in [-0.2, 0) is 6.42 Å². The van der Waals surface area contributed by atoms with Crippen LogP contribution >= 0.6 is 0 Å². The lowest BCUT2D eigenvalue weighted by Gasteiger charge is -2.19. The Kier molecular flexibility index (Phi) is 8.09. The molecular formula is C21H29N3O5. The fourth-order valence-corrected chi connectivity index (χ4v) is 3.09. The average molecular weight is 403 g/mol. The first-order valence-corrected chi connectivity index (χ1v) is 9.59. The summed E-state index contributed by atoms with van der Waals surface area (Å²) < 4.78 is 11.0. The van der Waals surface area contributed by atoms with Gasteiger partial charge in [-0.25, -0.2) is 4.98 Å². The number of benzene rings is 1. The van der Waals surface area contributed by atoms with Crippen molar-refractivity contribution in [3.63, 3.8) is 0 Å². The summed E-state index contributed by atoms with van der Waals surface area (Å²) in [6.45, 7) is 2.91. The van der Waals surface area contributed by atoms with E-state index in [-0.39, 0.29) is 11.3 Å². The van der Waals surface area contributed by atoms with Gasteiger partial charge in [-0.2, -0.15) is 0 Å². The SMILES string of the molecule is CCCCc1nc(O)c(C(=O)NCCNC)c(O)c1-c1c(OC)cccc1OC. The van der Waals surface area contributed by atoms with Crippen LogP contribution in [0.5, 0.6) is 23.1 Å². The number of methoxy groups -OCH3 is 2. The molecule has 8 heteroatoms. The fourth-order valence-electron chi connectivity index (χ4n) is 3.09. The van der Waals surface area contributed by atoms with Crippen LogP contribution in [0.2, 0.25) is 0 Å². The number of hydrogen-bond donors (Lipinski definition) is 4. The third kappa shape index (κ3) is 4.89. The van der Waals surface area contributed by atoms with Crippen molar-refractivity contribution in [3.8, 4) is 34.3 Å². The van der Waals surface area contributed by atoms with Crippen molar-refractivity contribution in [1.29, 1.82) is 0 Å². The molecule has 0 fully saturated rings. The summed E-state index contributed by atoms with van der Waals surface area (Å²) in [5.74, 6) is -0.542. The first-order chi connectivity index (χ1) is 14.0. The lowest BCUT2D eigenvalue weighted by atomic mass is 9.95. The average Bonchev–Trinajstić information content (AvgIpc) is 2.71. The van der Waals surface area contributed by atoms with Crippen molar-refractivity contribution in [2.24, 2.45) is 0 Å². The van der Waals surface area contributed by atoms with Gasteiger partial charge in [-0.15, -0.1) is 0 Å². The van der Waals surface area contributed by atoms with Crippen LogP contribution in [0.1, 0.15) is 35.8 Å². The minimum Gasteiger partial charge on any atom is -0.506 e. The van der Waals surface area contributed by atoms with E-state index in [0.717, 1.165) is 12.8 Å². The summed E-state index contributed by atoms with van der Waals surface area (Å²) in [6, 6.07) is 5.24. The first kappa shape index (κ1) is 22.3. The highest BCUT2D eigenvalue weighted by Gasteiger charge is 2.28. The molecule has 0 aliphatic heterocycles. The van der Waals surface area contributed by atoms with Crippen molar-refractivity contribution in [3.05, 3.63) is 29.5 Å². The van der Waals surface area contributed by atoms with E-state index in [0.29, 0.717) is 47.8 Å². The smallest absolute Gasteiger partial charge is 0.260 e. The second-order valence-electron chi connectivity index (χ2n) is 6.48. The number of hydrogen-bond acceptors (Lipinski definition) is 7. The highest BCUT2D eigenvalue weighted by molar-refractivity contribution is 6.02. The lowest BCUT2D eigenvalue weighted by Crippen LogP contribution is -2.30. The van der Waals surface area contributed by atoms with Gasteiger partial charge < -0.3 is 30.3 Å². The number of rotatable bonds is 10. The van der Waals surface area contributed by atoms with E-state index >= 15 is 0 Å². The van der Waals surface area contributed by atoms with E-state index in [1.165, 1.54) is 14.2 Å². The summed E-state index contributed by atoms with van der Waals surface area (Å²) in [5.41, 5.74) is 1.00. The molecule has 1 heterocycles. The Hall–Kier alpha value is -3.00. The molecule has 2 rings (SSSR count). The molecule has 1 aromatic carbocycles. The van der Waals surface area contributed by atoms with Crippen LogP contribution in [0.3, 0.4) is 0 Å². The van der Waals surface area contributed by atoms with Gasteiger partial charge in [0.2, 0.25) is 5.88 Å². The Morgan fingerprint density at radius 2 is 1.76 bits per heavy atom. The predicted octanol–water partition coefficient (Wildman–Crippen LogP) is 2.47. The number of aromatic nitrogens is 1. The molecule has 158 valence electrons. The molecule has 29 heavy (non-hydrogen) atoms. The molecule has 0 radical (unpaired) electrons. The van der Waals surface area contributed by atoms with Gasteiger partial charge in [0.1, 0.15) is 22.8 Å². The Balaban J connectivity index is 2.72. The number of aryl methyl sites for hydroxylation is 1. The summed E-state index contributed by atoms with van der Waals surface area (Å²) in [7, 11) is 4.79. The standard InChI is InChI=1S/C21H29N3O5/c1-5-6-8-13-16(17-14(28-3)9-7-10-15(17)29-4)19(25)18(21(27)24-13)20(26)23-12-11-22-2/h7,9-10,22H,5-6,8,11-12H2,1-4H3,(H,23,26)(H2,24,25,27). The van der Waals surface area contributed by atoms with Crippen LogP contribution in [0, 0.1) is 0 Å². The molecule has 0 atom stereocenters. The largest absolute Gasteiger partial charge is 0.506 e. The third-order valence-corrected chi connectivity index (χ3v) is 4.56. The highest BCUT2D eigenvalue weighted by atomic mass is 16.5. The molecule has 0 saturated heterocycles. The Morgan fingerprint density at radius 1 is 1.10 bits per heavy atom. The molecular weight excluding hydrogens is 374 g/mol. The van der Waals surface area contributed by atoms with Crippen LogP contribution in [0.25, 0.3) is 11.1 Å². The van der Waals surface area contributed by atoms with Crippen molar-refractivity contribution in [1.82, 2.24) is 15.6 Å². The minimum absolute atomic E-state index is 0.274. The molecule has 0 saturated carbocycles. The van der Waals surface area contributed by atoms with E-state index in [4.69, 9.17) is 9.47 Å². The second-order valence-corrected chi connectivity index (χ2v) is 6.48. The maximum atomic E-state index is 12.6. The van der Waals surface area contributed by atoms with Gasteiger partial charge in [-0.05, 0) is 32.0 Å². The Morgan fingerprint density at radius 3 is 2.31 bits per heavy atom. The maximum Gasteiger partial charge on any atom is 0.260 e. The van der Waals surface area contributed by atoms with Crippen molar-refractivity contribution in [2.45, 2.75) is 26.2 Å². The fraction of sp³-hybridized carbons (Fsp3) is 0.429. The number of nitrogens with one attached hydrogen (secondary N) is 2. The number of carbonyl (C=O) groups is 1. The third-order valence-electron chi connectivity index (χ3n) is 4.56. The zero-order valence-electron chi connectivity index (χ0n) is 17.3. The van der Waals surface area contributed by atoms with Crippen molar-refractivity contribution < 1.29 is 24.5 Å². The van der Waals surface area contributed by atoms with E-state index in [2.05, 4.69) is 15.6 Å². The number of carbonyl (C=O) groups excluding carboxylic acids is 1. The second kappa shape index (κ2) is 10.5. The maximum absolute atomic E-state index is 12.6. The van der Waals surface area contributed by atoms with Gasteiger partial charge >= 0.3 is 0 Å². The van der Waals surface area contributed by atoms with Gasteiger partial charge in [-0.1, -0.05) is 19.4 Å².